The number of hydrogen-bond donors (Lipinski definition) is 3. The van der Waals surface area contributed by atoms with E-state index >= 15 is 0 Å². The van der Waals surface area contributed by atoms with Gasteiger partial charge in [-0.05, 0) is 31.9 Å². The van der Waals surface area contributed by atoms with Crippen LogP contribution in [0.4, 0.5) is 0 Å². The summed E-state index contributed by atoms with van der Waals surface area (Å²) in [5.74, 6) is -1.36. The summed E-state index contributed by atoms with van der Waals surface area (Å²) in [7, 11) is 0. The van der Waals surface area contributed by atoms with Gasteiger partial charge in [0.2, 0.25) is 0 Å². The Labute approximate surface area is 118 Å². The van der Waals surface area contributed by atoms with Crippen molar-refractivity contribution in [1.82, 2.24) is 0 Å². The lowest BCUT2D eigenvalue weighted by atomic mass is 10.0. The first-order chi connectivity index (χ1) is 8.83. The van der Waals surface area contributed by atoms with Gasteiger partial charge < -0.3 is 20.1 Å². The fourth-order valence-corrected chi connectivity index (χ4v) is 2.04. The number of benzene rings is 1. The van der Waals surface area contributed by atoms with Crippen molar-refractivity contribution >= 4 is 11.6 Å². The third-order valence-corrected chi connectivity index (χ3v) is 3.04. The van der Waals surface area contributed by atoms with Crippen LogP contribution < -0.4 is 0 Å². The van der Waals surface area contributed by atoms with E-state index in [1.165, 1.54) is 13.8 Å². The van der Waals surface area contributed by atoms with E-state index in [2.05, 4.69) is 0 Å². The molecule has 1 aromatic rings. The highest BCUT2D eigenvalue weighted by atomic mass is 35.5. The SMILES string of the molecule is CC(C)(O)OC(Cc1ccccc1Cl)C(O)CCO. The summed E-state index contributed by atoms with van der Waals surface area (Å²) in [6.45, 7) is 2.85. The van der Waals surface area contributed by atoms with Gasteiger partial charge in [-0.3, -0.25) is 0 Å². The number of ether oxygens (including phenoxy) is 1. The van der Waals surface area contributed by atoms with Crippen LogP contribution >= 0.6 is 11.6 Å². The van der Waals surface area contributed by atoms with Crippen molar-refractivity contribution in [1.29, 1.82) is 0 Å². The van der Waals surface area contributed by atoms with Crippen LogP contribution in [0.15, 0.2) is 24.3 Å². The van der Waals surface area contributed by atoms with Gasteiger partial charge in [0.1, 0.15) is 0 Å². The standard InChI is InChI=1S/C14H21ClO4/c1-14(2,18)19-13(12(17)7-8-16)9-10-5-3-4-6-11(10)15/h3-6,12-13,16-18H,7-9H2,1-2H3. The zero-order valence-corrected chi connectivity index (χ0v) is 12.0. The summed E-state index contributed by atoms with van der Waals surface area (Å²) in [5.41, 5.74) is 0.829. The van der Waals surface area contributed by atoms with E-state index in [9.17, 15) is 10.2 Å². The fraction of sp³-hybridized carbons (Fsp3) is 0.571. The Bertz CT molecular complexity index is 389. The third-order valence-electron chi connectivity index (χ3n) is 2.67. The summed E-state index contributed by atoms with van der Waals surface area (Å²) >= 11 is 6.07. The number of aliphatic hydroxyl groups is 3. The molecule has 19 heavy (non-hydrogen) atoms. The molecule has 0 saturated carbocycles. The average Bonchev–Trinajstić information content (AvgIpc) is 2.29. The van der Waals surface area contributed by atoms with E-state index < -0.39 is 18.0 Å². The predicted molar refractivity (Wildman–Crippen MR) is 74.0 cm³/mol. The van der Waals surface area contributed by atoms with Crippen molar-refractivity contribution in [2.75, 3.05) is 6.61 Å². The topological polar surface area (TPSA) is 69.9 Å². The first-order valence-electron chi connectivity index (χ1n) is 6.26. The summed E-state index contributed by atoms with van der Waals surface area (Å²) in [5, 5.41) is 29.2. The molecule has 0 aliphatic carbocycles. The highest BCUT2D eigenvalue weighted by Gasteiger charge is 2.27. The number of aliphatic hydroxyl groups excluding tert-OH is 2. The van der Waals surface area contributed by atoms with Crippen molar-refractivity contribution in [2.45, 2.75) is 44.7 Å². The highest BCUT2D eigenvalue weighted by molar-refractivity contribution is 6.31. The molecule has 1 rings (SSSR count). The predicted octanol–water partition coefficient (Wildman–Crippen LogP) is 1.74. The van der Waals surface area contributed by atoms with Gasteiger partial charge in [-0.2, -0.15) is 0 Å². The molecule has 0 heterocycles. The Morgan fingerprint density at radius 1 is 1.32 bits per heavy atom. The molecule has 1 aromatic carbocycles. The Morgan fingerprint density at radius 3 is 2.47 bits per heavy atom. The highest BCUT2D eigenvalue weighted by Crippen LogP contribution is 2.22. The van der Waals surface area contributed by atoms with Crippen LogP contribution in [0.5, 0.6) is 0 Å². The van der Waals surface area contributed by atoms with E-state index in [0.717, 1.165) is 5.56 Å². The lowest BCUT2D eigenvalue weighted by molar-refractivity contribution is -0.225. The molecule has 0 spiro atoms. The molecule has 2 atom stereocenters. The molecule has 0 bridgehead atoms. The molecule has 0 saturated heterocycles. The van der Waals surface area contributed by atoms with Crippen molar-refractivity contribution in [3.8, 4) is 0 Å². The molecule has 0 amide bonds. The summed E-state index contributed by atoms with van der Waals surface area (Å²) < 4.78 is 5.45. The summed E-state index contributed by atoms with van der Waals surface area (Å²) in [4.78, 5) is 0. The van der Waals surface area contributed by atoms with Crippen LogP contribution in [-0.2, 0) is 11.2 Å². The molecule has 5 heteroatoms. The van der Waals surface area contributed by atoms with Gasteiger partial charge in [0.15, 0.2) is 5.79 Å². The maximum Gasteiger partial charge on any atom is 0.160 e. The zero-order valence-electron chi connectivity index (χ0n) is 11.2. The van der Waals surface area contributed by atoms with E-state index in [0.29, 0.717) is 11.4 Å². The molecular weight excluding hydrogens is 268 g/mol. The summed E-state index contributed by atoms with van der Waals surface area (Å²) in [6, 6.07) is 7.27. The average molecular weight is 289 g/mol. The first kappa shape index (κ1) is 16.4. The maximum atomic E-state index is 9.99. The zero-order chi connectivity index (χ0) is 14.5. The van der Waals surface area contributed by atoms with E-state index in [4.69, 9.17) is 21.4 Å². The van der Waals surface area contributed by atoms with E-state index in [1.807, 2.05) is 18.2 Å². The van der Waals surface area contributed by atoms with Crippen LogP contribution in [0.1, 0.15) is 25.8 Å². The van der Waals surface area contributed by atoms with E-state index in [-0.39, 0.29) is 13.0 Å². The molecular formula is C14H21ClO4. The van der Waals surface area contributed by atoms with Crippen LogP contribution in [-0.4, -0.2) is 39.9 Å². The largest absolute Gasteiger partial charge is 0.396 e. The van der Waals surface area contributed by atoms with Crippen LogP contribution in [0.2, 0.25) is 5.02 Å². The van der Waals surface area contributed by atoms with Gasteiger partial charge in [-0.15, -0.1) is 0 Å². The molecule has 4 nitrogen and oxygen atoms in total. The van der Waals surface area contributed by atoms with Crippen molar-refractivity contribution in [3.05, 3.63) is 34.9 Å². The second kappa shape index (κ2) is 7.22. The first-order valence-corrected chi connectivity index (χ1v) is 6.64. The molecule has 0 aliphatic rings. The molecule has 2 unspecified atom stereocenters. The second-order valence-electron chi connectivity index (χ2n) is 4.98. The molecule has 108 valence electrons. The van der Waals surface area contributed by atoms with E-state index in [1.54, 1.807) is 6.07 Å². The summed E-state index contributed by atoms with van der Waals surface area (Å²) in [6.07, 6.45) is -0.949. The smallest absolute Gasteiger partial charge is 0.160 e. The van der Waals surface area contributed by atoms with Gasteiger partial charge in [-0.1, -0.05) is 29.8 Å². The second-order valence-corrected chi connectivity index (χ2v) is 5.39. The monoisotopic (exact) mass is 288 g/mol. The minimum atomic E-state index is -1.36. The van der Waals surface area contributed by atoms with Gasteiger partial charge >= 0.3 is 0 Å². The Morgan fingerprint density at radius 2 is 1.95 bits per heavy atom. The minimum Gasteiger partial charge on any atom is -0.396 e. The molecule has 0 aromatic heterocycles. The molecule has 0 radical (unpaired) electrons. The number of halogens is 1. The minimum absolute atomic E-state index is 0.143. The quantitative estimate of drug-likeness (QED) is 0.669. The van der Waals surface area contributed by atoms with Crippen molar-refractivity contribution < 1.29 is 20.1 Å². The lowest BCUT2D eigenvalue weighted by Gasteiger charge is -2.30. The van der Waals surface area contributed by atoms with Crippen LogP contribution in [0.25, 0.3) is 0 Å². The van der Waals surface area contributed by atoms with Crippen molar-refractivity contribution in [3.63, 3.8) is 0 Å². The van der Waals surface area contributed by atoms with Gasteiger partial charge in [0, 0.05) is 18.1 Å². The van der Waals surface area contributed by atoms with Crippen LogP contribution in [0.3, 0.4) is 0 Å². The fourth-order valence-electron chi connectivity index (χ4n) is 1.83. The number of hydrogen-bond acceptors (Lipinski definition) is 4. The van der Waals surface area contributed by atoms with Crippen LogP contribution in [0, 0.1) is 0 Å². The van der Waals surface area contributed by atoms with Gasteiger partial charge in [-0.25, -0.2) is 0 Å². The lowest BCUT2D eigenvalue weighted by Crippen LogP contribution is -2.39. The van der Waals surface area contributed by atoms with Gasteiger partial charge in [0.25, 0.3) is 0 Å². The van der Waals surface area contributed by atoms with Gasteiger partial charge in [0.05, 0.1) is 12.2 Å². The third kappa shape index (κ3) is 5.89. The molecule has 0 fully saturated rings. The Balaban J connectivity index is 2.82. The maximum absolute atomic E-state index is 9.99. The molecule has 0 aliphatic heterocycles. The Kier molecular flexibility index (Phi) is 6.23. The number of rotatable bonds is 7. The molecule has 3 N–H and O–H groups in total. The normalized spacial score (nSPS) is 15.3. The van der Waals surface area contributed by atoms with Crippen molar-refractivity contribution in [2.24, 2.45) is 0 Å². The Hall–Kier alpha value is -0.650.